The Labute approximate surface area is 137 Å². The van der Waals surface area contributed by atoms with Crippen molar-refractivity contribution >= 4 is 21.6 Å². The smallest absolute Gasteiger partial charge is 0.248 e. The fourth-order valence-corrected chi connectivity index (χ4v) is 2.72. The van der Waals surface area contributed by atoms with E-state index in [9.17, 15) is 0 Å². The summed E-state index contributed by atoms with van der Waals surface area (Å²) in [6, 6.07) is 14.1. The summed E-state index contributed by atoms with van der Waals surface area (Å²) in [5.41, 5.74) is 4.31. The standard InChI is InChI=1S/C17H16BrN3O/c1-11-5-3-4-6-14(11)17-21-20-16(22-17)10-19-15-8-7-13(18)9-12(15)2/h3-9,19H,10H2,1-2H3. The number of anilines is 1. The van der Waals surface area contributed by atoms with Crippen LogP contribution in [0.1, 0.15) is 17.0 Å². The first-order chi connectivity index (χ1) is 10.6. The topological polar surface area (TPSA) is 51.0 Å². The van der Waals surface area contributed by atoms with Gasteiger partial charge in [0, 0.05) is 15.7 Å². The minimum absolute atomic E-state index is 0.501. The second-order valence-electron chi connectivity index (χ2n) is 5.13. The number of aromatic nitrogens is 2. The number of hydrogen-bond donors (Lipinski definition) is 1. The van der Waals surface area contributed by atoms with E-state index in [0.29, 0.717) is 18.3 Å². The van der Waals surface area contributed by atoms with E-state index < -0.39 is 0 Å². The van der Waals surface area contributed by atoms with Crippen LogP contribution in [0.5, 0.6) is 0 Å². The molecule has 3 rings (SSSR count). The maximum Gasteiger partial charge on any atom is 0.248 e. The summed E-state index contributed by atoms with van der Waals surface area (Å²) in [5, 5.41) is 11.6. The molecule has 0 saturated heterocycles. The molecular weight excluding hydrogens is 342 g/mol. The molecule has 0 radical (unpaired) electrons. The minimum atomic E-state index is 0.501. The second-order valence-corrected chi connectivity index (χ2v) is 6.04. The molecule has 0 unspecified atom stereocenters. The molecule has 0 atom stereocenters. The molecule has 5 heteroatoms. The van der Waals surface area contributed by atoms with Crippen LogP contribution in [0, 0.1) is 13.8 Å². The second kappa shape index (κ2) is 6.32. The van der Waals surface area contributed by atoms with Gasteiger partial charge in [0.05, 0.1) is 6.54 Å². The molecule has 1 aromatic heterocycles. The van der Waals surface area contributed by atoms with E-state index in [-0.39, 0.29) is 0 Å². The maximum absolute atomic E-state index is 5.74. The van der Waals surface area contributed by atoms with Gasteiger partial charge in [-0.15, -0.1) is 10.2 Å². The molecule has 0 saturated carbocycles. The van der Waals surface area contributed by atoms with Gasteiger partial charge in [0.25, 0.3) is 0 Å². The van der Waals surface area contributed by atoms with Crippen molar-refractivity contribution in [3.05, 3.63) is 64.0 Å². The monoisotopic (exact) mass is 357 g/mol. The molecule has 0 aliphatic rings. The summed E-state index contributed by atoms with van der Waals surface area (Å²) in [6.07, 6.45) is 0. The first-order valence-electron chi connectivity index (χ1n) is 7.02. The molecule has 0 bridgehead atoms. The molecule has 2 aromatic carbocycles. The van der Waals surface area contributed by atoms with Gasteiger partial charge in [-0.1, -0.05) is 34.1 Å². The van der Waals surface area contributed by atoms with Crippen LogP contribution in [0.2, 0.25) is 0 Å². The van der Waals surface area contributed by atoms with E-state index in [0.717, 1.165) is 26.9 Å². The van der Waals surface area contributed by atoms with Gasteiger partial charge in [-0.25, -0.2) is 0 Å². The van der Waals surface area contributed by atoms with Crippen LogP contribution in [0.25, 0.3) is 11.5 Å². The first kappa shape index (κ1) is 14.8. The predicted molar refractivity (Wildman–Crippen MR) is 90.7 cm³/mol. The Morgan fingerprint density at radius 2 is 1.86 bits per heavy atom. The highest BCUT2D eigenvalue weighted by Crippen LogP contribution is 2.23. The zero-order chi connectivity index (χ0) is 15.5. The van der Waals surface area contributed by atoms with Crippen molar-refractivity contribution in [1.29, 1.82) is 0 Å². The summed E-state index contributed by atoms with van der Waals surface area (Å²) in [6.45, 7) is 4.59. The van der Waals surface area contributed by atoms with Crippen LogP contribution in [0.4, 0.5) is 5.69 Å². The van der Waals surface area contributed by atoms with Crippen LogP contribution < -0.4 is 5.32 Å². The molecular formula is C17H16BrN3O. The Kier molecular flexibility index (Phi) is 4.24. The summed E-state index contributed by atoms with van der Waals surface area (Å²) in [4.78, 5) is 0. The number of rotatable bonds is 4. The molecule has 0 aliphatic heterocycles. The fraction of sp³-hybridized carbons (Fsp3) is 0.176. The van der Waals surface area contributed by atoms with Gasteiger partial charge in [-0.3, -0.25) is 0 Å². The quantitative estimate of drug-likeness (QED) is 0.733. The van der Waals surface area contributed by atoms with Crippen LogP contribution in [-0.4, -0.2) is 10.2 Å². The van der Waals surface area contributed by atoms with Crippen LogP contribution in [0.3, 0.4) is 0 Å². The highest BCUT2D eigenvalue weighted by atomic mass is 79.9. The van der Waals surface area contributed by atoms with E-state index in [1.165, 1.54) is 0 Å². The van der Waals surface area contributed by atoms with Crippen molar-refractivity contribution in [3.63, 3.8) is 0 Å². The number of aryl methyl sites for hydroxylation is 2. The molecule has 1 heterocycles. The maximum atomic E-state index is 5.74. The van der Waals surface area contributed by atoms with Crippen molar-refractivity contribution in [2.24, 2.45) is 0 Å². The number of nitrogens with zero attached hydrogens (tertiary/aromatic N) is 2. The van der Waals surface area contributed by atoms with Gasteiger partial charge in [-0.2, -0.15) is 0 Å². The highest BCUT2D eigenvalue weighted by Gasteiger charge is 2.10. The van der Waals surface area contributed by atoms with Crippen molar-refractivity contribution in [2.75, 3.05) is 5.32 Å². The summed E-state index contributed by atoms with van der Waals surface area (Å²) >= 11 is 3.46. The lowest BCUT2D eigenvalue weighted by Crippen LogP contribution is -2.01. The Balaban J connectivity index is 1.74. The van der Waals surface area contributed by atoms with E-state index >= 15 is 0 Å². The normalized spacial score (nSPS) is 10.7. The first-order valence-corrected chi connectivity index (χ1v) is 7.81. The van der Waals surface area contributed by atoms with Crippen LogP contribution >= 0.6 is 15.9 Å². The number of halogens is 1. The summed E-state index contributed by atoms with van der Waals surface area (Å²) < 4.78 is 6.81. The number of benzene rings is 2. The molecule has 0 spiro atoms. The Hall–Kier alpha value is -2.14. The Morgan fingerprint density at radius 1 is 1.05 bits per heavy atom. The van der Waals surface area contributed by atoms with Gasteiger partial charge in [0.1, 0.15) is 0 Å². The third kappa shape index (κ3) is 3.20. The molecule has 3 aromatic rings. The van der Waals surface area contributed by atoms with Crippen LogP contribution in [0.15, 0.2) is 51.4 Å². The lowest BCUT2D eigenvalue weighted by molar-refractivity contribution is 0.514. The van der Waals surface area contributed by atoms with E-state index in [1.54, 1.807) is 0 Å². The van der Waals surface area contributed by atoms with Gasteiger partial charge in [-0.05, 0) is 49.2 Å². The molecule has 4 nitrogen and oxygen atoms in total. The predicted octanol–water partition coefficient (Wildman–Crippen LogP) is 4.73. The average molecular weight is 358 g/mol. The van der Waals surface area contributed by atoms with E-state index in [2.05, 4.69) is 44.4 Å². The average Bonchev–Trinajstić information content (AvgIpc) is 2.95. The Bertz CT molecular complexity index is 798. The van der Waals surface area contributed by atoms with Gasteiger partial charge in [0.15, 0.2) is 0 Å². The van der Waals surface area contributed by atoms with Crippen molar-refractivity contribution in [3.8, 4) is 11.5 Å². The van der Waals surface area contributed by atoms with Gasteiger partial charge < -0.3 is 9.73 Å². The number of nitrogens with one attached hydrogen (secondary N) is 1. The Morgan fingerprint density at radius 3 is 2.64 bits per heavy atom. The zero-order valence-corrected chi connectivity index (χ0v) is 14.0. The summed E-state index contributed by atoms with van der Waals surface area (Å²) in [7, 11) is 0. The molecule has 0 aliphatic carbocycles. The number of hydrogen-bond acceptors (Lipinski definition) is 4. The van der Waals surface area contributed by atoms with E-state index in [1.807, 2.05) is 43.3 Å². The molecule has 1 N–H and O–H groups in total. The lowest BCUT2D eigenvalue weighted by atomic mass is 10.1. The van der Waals surface area contributed by atoms with Gasteiger partial charge in [0.2, 0.25) is 11.8 Å². The minimum Gasteiger partial charge on any atom is -0.419 e. The molecule has 112 valence electrons. The zero-order valence-electron chi connectivity index (χ0n) is 12.4. The van der Waals surface area contributed by atoms with Crippen molar-refractivity contribution < 1.29 is 4.42 Å². The largest absolute Gasteiger partial charge is 0.419 e. The molecule has 0 fully saturated rings. The fourth-order valence-electron chi connectivity index (χ4n) is 2.24. The highest BCUT2D eigenvalue weighted by molar-refractivity contribution is 9.10. The molecule has 22 heavy (non-hydrogen) atoms. The summed E-state index contributed by atoms with van der Waals surface area (Å²) in [5.74, 6) is 1.13. The van der Waals surface area contributed by atoms with Crippen molar-refractivity contribution in [1.82, 2.24) is 10.2 Å². The van der Waals surface area contributed by atoms with Gasteiger partial charge >= 0.3 is 0 Å². The van der Waals surface area contributed by atoms with Crippen molar-refractivity contribution in [2.45, 2.75) is 20.4 Å². The van der Waals surface area contributed by atoms with Crippen LogP contribution in [-0.2, 0) is 6.54 Å². The third-order valence-corrected chi connectivity index (χ3v) is 3.95. The molecule has 0 amide bonds. The lowest BCUT2D eigenvalue weighted by Gasteiger charge is -2.07. The SMILES string of the molecule is Cc1cc(Br)ccc1NCc1nnc(-c2ccccc2C)o1. The third-order valence-electron chi connectivity index (χ3n) is 3.46. The van der Waals surface area contributed by atoms with E-state index in [4.69, 9.17) is 4.42 Å².